The number of carbonyl (C=O) groups excluding carboxylic acids is 1. The van der Waals surface area contributed by atoms with Gasteiger partial charge in [0.1, 0.15) is 5.25 Å². The maximum absolute atomic E-state index is 11.4. The van der Waals surface area contributed by atoms with E-state index in [1.165, 1.54) is 20.0 Å². The highest BCUT2D eigenvalue weighted by Crippen LogP contribution is 2.19. The van der Waals surface area contributed by atoms with Crippen molar-refractivity contribution in [2.24, 2.45) is 0 Å². The lowest BCUT2D eigenvalue weighted by atomic mass is 10.2. The molecule has 1 rings (SSSR count). The number of nitrogens with zero attached hydrogens (tertiary/aromatic N) is 1. The van der Waals surface area contributed by atoms with Crippen molar-refractivity contribution >= 4 is 15.8 Å². The molecule has 0 radical (unpaired) electrons. The Kier molecular flexibility index (Phi) is 1.99. The Morgan fingerprint density at radius 2 is 2.00 bits per heavy atom. The van der Waals surface area contributed by atoms with Crippen molar-refractivity contribution in [2.75, 3.05) is 7.05 Å². The van der Waals surface area contributed by atoms with Crippen LogP contribution in [0.3, 0.4) is 0 Å². The van der Waals surface area contributed by atoms with E-state index in [1.807, 2.05) is 0 Å². The molecule has 1 heterocycles. The van der Waals surface area contributed by atoms with Crippen molar-refractivity contribution in [3.63, 3.8) is 0 Å². The van der Waals surface area contributed by atoms with E-state index in [4.69, 9.17) is 0 Å². The quantitative estimate of drug-likeness (QED) is 0.544. The van der Waals surface area contributed by atoms with Gasteiger partial charge in [-0.1, -0.05) is 0 Å². The van der Waals surface area contributed by atoms with Crippen LogP contribution in [0.25, 0.3) is 0 Å². The van der Waals surface area contributed by atoms with Crippen LogP contribution in [0.15, 0.2) is 11.8 Å². The summed E-state index contributed by atoms with van der Waals surface area (Å²) in [5.41, 5.74) is 0.470. The van der Waals surface area contributed by atoms with E-state index < -0.39 is 15.3 Å². The molecule has 1 aliphatic rings. The van der Waals surface area contributed by atoms with Gasteiger partial charge < -0.3 is 0 Å². The van der Waals surface area contributed by atoms with Crippen LogP contribution in [0.4, 0.5) is 0 Å². The standard InChI is InChI=1S/C7H11NO3S/c1-5-4-7(9)6(2)12(10,11)8(5)3/h4,6H,1-3H3. The number of ketones is 1. The summed E-state index contributed by atoms with van der Waals surface area (Å²) in [5.74, 6) is -0.342. The molecule has 0 aromatic carbocycles. The van der Waals surface area contributed by atoms with E-state index >= 15 is 0 Å². The van der Waals surface area contributed by atoms with Crippen LogP contribution in [0, 0.1) is 0 Å². The molecule has 0 aromatic rings. The summed E-state index contributed by atoms with van der Waals surface area (Å²) in [5, 5.41) is -0.939. The highest BCUT2D eigenvalue weighted by Gasteiger charge is 2.34. The zero-order chi connectivity index (χ0) is 9.52. The van der Waals surface area contributed by atoms with Crippen molar-refractivity contribution in [3.05, 3.63) is 11.8 Å². The van der Waals surface area contributed by atoms with E-state index in [0.29, 0.717) is 5.70 Å². The Hall–Kier alpha value is -0.840. The lowest BCUT2D eigenvalue weighted by molar-refractivity contribution is -0.114. The molecule has 0 bridgehead atoms. The van der Waals surface area contributed by atoms with Gasteiger partial charge in [0.05, 0.1) is 0 Å². The van der Waals surface area contributed by atoms with Gasteiger partial charge in [-0.25, -0.2) is 8.42 Å². The number of hydrogen-bond acceptors (Lipinski definition) is 3. The second-order valence-corrected chi connectivity index (χ2v) is 5.13. The van der Waals surface area contributed by atoms with Crippen molar-refractivity contribution in [3.8, 4) is 0 Å². The predicted molar refractivity (Wildman–Crippen MR) is 44.9 cm³/mol. The first kappa shape index (κ1) is 9.25. The summed E-state index contributed by atoms with van der Waals surface area (Å²) in [7, 11) is -1.97. The van der Waals surface area contributed by atoms with Gasteiger partial charge in [-0.15, -0.1) is 0 Å². The smallest absolute Gasteiger partial charge is 0.244 e. The Labute approximate surface area is 71.9 Å². The summed E-state index contributed by atoms with van der Waals surface area (Å²) in [6.07, 6.45) is 1.35. The summed E-state index contributed by atoms with van der Waals surface area (Å²) in [4.78, 5) is 11.1. The van der Waals surface area contributed by atoms with Crippen molar-refractivity contribution in [2.45, 2.75) is 19.1 Å². The minimum absolute atomic E-state index is 0.342. The Morgan fingerprint density at radius 1 is 1.50 bits per heavy atom. The van der Waals surface area contributed by atoms with Gasteiger partial charge in [-0.2, -0.15) is 0 Å². The molecule has 0 N–H and O–H groups in total. The Balaban J connectivity index is 3.28. The number of hydrogen-bond donors (Lipinski definition) is 0. The molecule has 0 fully saturated rings. The van der Waals surface area contributed by atoms with Crippen LogP contribution in [-0.4, -0.2) is 30.8 Å². The average Bonchev–Trinajstić information content (AvgIpc) is 1.99. The monoisotopic (exact) mass is 189 g/mol. The molecule has 1 atom stereocenters. The van der Waals surface area contributed by atoms with Crippen LogP contribution in [0.5, 0.6) is 0 Å². The highest BCUT2D eigenvalue weighted by atomic mass is 32.2. The maximum Gasteiger partial charge on any atom is 0.244 e. The summed E-state index contributed by atoms with van der Waals surface area (Å²) < 4.78 is 23.9. The van der Waals surface area contributed by atoms with Crippen molar-refractivity contribution in [1.82, 2.24) is 4.31 Å². The van der Waals surface area contributed by atoms with Crippen LogP contribution in [0.1, 0.15) is 13.8 Å². The lowest BCUT2D eigenvalue weighted by Gasteiger charge is -2.26. The number of sulfonamides is 1. The number of carbonyl (C=O) groups is 1. The minimum atomic E-state index is -3.42. The topological polar surface area (TPSA) is 54.5 Å². The molecular weight excluding hydrogens is 178 g/mol. The van der Waals surface area contributed by atoms with E-state index in [2.05, 4.69) is 0 Å². The summed E-state index contributed by atoms with van der Waals surface area (Å²) in [6, 6.07) is 0. The largest absolute Gasteiger partial charge is 0.293 e. The second kappa shape index (κ2) is 2.58. The molecule has 12 heavy (non-hydrogen) atoms. The fraction of sp³-hybridized carbons (Fsp3) is 0.571. The van der Waals surface area contributed by atoms with Crippen LogP contribution in [-0.2, 0) is 14.8 Å². The molecule has 0 spiro atoms. The molecule has 5 heteroatoms. The fourth-order valence-electron chi connectivity index (χ4n) is 0.999. The third kappa shape index (κ3) is 1.14. The molecule has 4 nitrogen and oxygen atoms in total. The second-order valence-electron chi connectivity index (χ2n) is 2.84. The highest BCUT2D eigenvalue weighted by molar-refractivity contribution is 7.90. The van der Waals surface area contributed by atoms with E-state index in [9.17, 15) is 13.2 Å². The fourth-order valence-corrected chi connectivity index (χ4v) is 2.29. The SMILES string of the molecule is CC1=CC(=O)C(C)S(=O)(=O)N1C. The first-order valence-electron chi connectivity index (χ1n) is 3.57. The van der Waals surface area contributed by atoms with E-state index in [0.717, 1.165) is 4.31 Å². The van der Waals surface area contributed by atoms with Crippen LogP contribution < -0.4 is 0 Å². The molecule has 0 aromatic heterocycles. The van der Waals surface area contributed by atoms with Gasteiger partial charge in [0.25, 0.3) is 0 Å². The predicted octanol–water partition coefficient (Wildman–Crippen LogP) is 0.123. The van der Waals surface area contributed by atoms with Crippen molar-refractivity contribution in [1.29, 1.82) is 0 Å². The van der Waals surface area contributed by atoms with Gasteiger partial charge in [-0.3, -0.25) is 9.10 Å². The molecule has 0 aliphatic carbocycles. The van der Waals surface area contributed by atoms with Crippen molar-refractivity contribution < 1.29 is 13.2 Å². The molecule has 0 saturated carbocycles. The third-order valence-electron chi connectivity index (χ3n) is 2.08. The third-order valence-corrected chi connectivity index (χ3v) is 4.25. The molecule has 1 unspecified atom stereocenters. The maximum atomic E-state index is 11.4. The van der Waals surface area contributed by atoms with Gasteiger partial charge in [0.2, 0.25) is 10.0 Å². The van der Waals surface area contributed by atoms with Gasteiger partial charge in [-0.05, 0) is 13.8 Å². The van der Waals surface area contributed by atoms with Gasteiger partial charge >= 0.3 is 0 Å². The first-order chi connectivity index (χ1) is 5.37. The Morgan fingerprint density at radius 3 is 2.50 bits per heavy atom. The summed E-state index contributed by atoms with van der Waals surface area (Å²) in [6.45, 7) is 3.00. The average molecular weight is 189 g/mol. The molecule has 0 saturated heterocycles. The number of allylic oxidation sites excluding steroid dienone is 2. The zero-order valence-electron chi connectivity index (χ0n) is 7.23. The van der Waals surface area contributed by atoms with E-state index in [-0.39, 0.29) is 5.78 Å². The zero-order valence-corrected chi connectivity index (χ0v) is 8.05. The molecular formula is C7H11NO3S. The summed E-state index contributed by atoms with van der Waals surface area (Å²) >= 11 is 0. The van der Waals surface area contributed by atoms with Gasteiger partial charge in [0.15, 0.2) is 5.78 Å². The molecule has 1 aliphatic heterocycles. The lowest BCUT2D eigenvalue weighted by Crippen LogP contribution is -2.41. The van der Waals surface area contributed by atoms with Crippen LogP contribution in [0.2, 0.25) is 0 Å². The first-order valence-corrected chi connectivity index (χ1v) is 5.07. The molecule has 0 amide bonds. The van der Waals surface area contributed by atoms with E-state index in [1.54, 1.807) is 6.92 Å². The number of rotatable bonds is 0. The van der Waals surface area contributed by atoms with Crippen LogP contribution >= 0.6 is 0 Å². The Bertz CT molecular complexity index is 342. The minimum Gasteiger partial charge on any atom is -0.293 e. The van der Waals surface area contributed by atoms with Gasteiger partial charge in [0, 0.05) is 18.8 Å². The normalized spacial score (nSPS) is 28.6. The molecule has 68 valence electrons.